The van der Waals surface area contributed by atoms with Gasteiger partial charge < -0.3 is 10.0 Å². The van der Waals surface area contributed by atoms with Crippen LogP contribution in [0.15, 0.2) is 24.5 Å². The fourth-order valence-electron chi connectivity index (χ4n) is 2.64. The maximum absolute atomic E-state index is 10.7. The van der Waals surface area contributed by atoms with Gasteiger partial charge in [0.2, 0.25) is 0 Å². The molecule has 0 saturated carbocycles. The van der Waals surface area contributed by atoms with Crippen molar-refractivity contribution in [2.24, 2.45) is 0 Å². The lowest BCUT2D eigenvalue weighted by Crippen LogP contribution is -2.29. The molecule has 0 aromatic carbocycles. The maximum Gasteiger partial charge on any atom is 0.0924 e. The first-order chi connectivity index (χ1) is 8.24. The zero-order valence-corrected chi connectivity index (χ0v) is 10.6. The smallest absolute Gasteiger partial charge is 0.0924 e. The molecule has 0 radical (unpaired) electrons. The van der Waals surface area contributed by atoms with Gasteiger partial charge in [0.25, 0.3) is 0 Å². The highest BCUT2D eigenvalue weighted by atomic mass is 16.3. The molecular weight excluding hydrogens is 212 g/mol. The highest BCUT2D eigenvalue weighted by molar-refractivity contribution is 5.18. The topological polar surface area (TPSA) is 36.4 Å². The fourth-order valence-corrected chi connectivity index (χ4v) is 2.64. The molecule has 1 aliphatic rings. The SMILES string of the molecule is CCCN1CCCC(O)(c2cccnc2)CC1. The third-order valence-electron chi connectivity index (χ3n) is 3.65. The lowest BCUT2D eigenvalue weighted by molar-refractivity contribution is 0.0209. The number of nitrogens with zero attached hydrogens (tertiary/aromatic N) is 2. The molecule has 3 nitrogen and oxygen atoms in total. The lowest BCUT2D eigenvalue weighted by atomic mass is 9.88. The van der Waals surface area contributed by atoms with E-state index in [2.05, 4.69) is 16.8 Å². The van der Waals surface area contributed by atoms with E-state index in [1.807, 2.05) is 12.1 Å². The molecule has 1 unspecified atom stereocenters. The van der Waals surface area contributed by atoms with Crippen molar-refractivity contribution in [3.8, 4) is 0 Å². The molecule has 1 fully saturated rings. The molecule has 1 aromatic heterocycles. The van der Waals surface area contributed by atoms with Crippen LogP contribution < -0.4 is 0 Å². The Morgan fingerprint density at radius 1 is 1.41 bits per heavy atom. The molecule has 1 atom stereocenters. The van der Waals surface area contributed by atoms with Crippen molar-refractivity contribution < 1.29 is 5.11 Å². The lowest BCUT2D eigenvalue weighted by Gasteiger charge is -2.27. The Balaban J connectivity index is 2.06. The van der Waals surface area contributed by atoms with Gasteiger partial charge in [-0.25, -0.2) is 0 Å². The molecule has 1 saturated heterocycles. The molecule has 1 aliphatic heterocycles. The van der Waals surface area contributed by atoms with Crippen LogP contribution in [0.2, 0.25) is 0 Å². The molecule has 17 heavy (non-hydrogen) atoms. The number of hydrogen-bond acceptors (Lipinski definition) is 3. The van der Waals surface area contributed by atoms with Crippen LogP contribution in [0.1, 0.15) is 38.2 Å². The Labute approximate surface area is 103 Å². The van der Waals surface area contributed by atoms with Crippen molar-refractivity contribution in [2.45, 2.75) is 38.2 Å². The van der Waals surface area contributed by atoms with E-state index in [0.29, 0.717) is 0 Å². The van der Waals surface area contributed by atoms with Crippen LogP contribution in [0.3, 0.4) is 0 Å². The number of likely N-dealkylation sites (tertiary alicyclic amines) is 1. The Bertz CT molecular complexity index is 341. The average molecular weight is 234 g/mol. The summed E-state index contributed by atoms with van der Waals surface area (Å²) in [6.45, 7) is 5.44. The monoisotopic (exact) mass is 234 g/mol. The van der Waals surface area contributed by atoms with Crippen molar-refractivity contribution in [1.29, 1.82) is 0 Å². The summed E-state index contributed by atoms with van der Waals surface area (Å²) < 4.78 is 0. The van der Waals surface area contributed by atoms with Gasteiger partial charge >= 0.3 is 0 Å². The Hall–Kier alpha value is -0.930. The number of hydrogen-bond donors (Lipinski definition) is 1. The molecule has 2 rings (SSSR count). The molecule has 1 aromatic rings. The summed E-state index contributed by atoms with van der Waals surface area (Å²) in [5, 5.41) is 10.7. The van der Waals surface area contributed by atoms with E-state index in [4.69, 9.17) is 0 Å². The van der Waals surface area contributed by atoms with E-state index in [1.54, 1.807) is 12.4 Å². The zero-order valence-electron chi connectivity index (χ0n) is 10.6. The van der Waals surface area contributed by atoms with Gasteiger partial charge in [0.05, 0.1) is 5.60 Å². The summed E-state index contributed by atoms with van der Waals surface area (Å²) >= 11 is 0. The molecule has 1 N–H and O–H groups in total. The van der Waals surface area contributed by atoms with Crippen LogP contribution in [0.4, 0.5) is 0 Å². The molecule has 0 aliphatic carbocycles. The number of rotatable bonds is 3. The van der Waals surface area contributed by atoms with Gasteiger partial charge in [-0.05, 0) is 44.8 Å². The van der Waals surface area contributed by atoms with Gasteiger partial charge in [-0.2, -0.15) is 0 Å². The summed E-state index contributed by atoms with van der Waals surface area (Å²) in [7, 11) is 0. The Morgan fingerprint density at radius 3 is 3.00 bits per heavy atom. The van der Waals surface area contributed by atoms with E-state index < -0.39 is 5.60 Å². The molecule has 3 heteroatoms. The van der Waals surface area contributed by atoms with E-state index in [9.17, 15) is 5.11 Å². The normalized spacial score (nSPS) is 26.7. The number of aromatic nitrogens is 1. The van der Waals surface area contributed by atoms with E-state index >= 15 is 0 Å². The van der Waals surface area contributed by atoms with Crippen molar-refractivity contribution in [3.63, 3.8) is 0 Å². The molecule has 0 bridgehead atoms. The van der Waals surface area contributed by atoms with Crippen molar-refractivity contribution in [1.82, 2.24) is 9.88 Å². The quantitative estimate of drug-likeness (QED) is 0.870. The average Bonchev–Trinajstić information content (AvgIpc) is 2.55. The van der Waals surface area contributed by atoms with E-state index in [1.165, 1.54) is 6.42 Å². The zero-order chi connectivity index (χ0) is 12.1. The summed E-state index contributed by atoms with van der Waals surface area (Å²) in [4.78, 5) is 6.57. The van der Waals surface area contributed by atoms with Crippen molar-refractivity contribution >= 4 is 0 Å². The minimum Gasteiger partial charge on any atom is -0.385 e. The van der Waals surface area contributed by atoms with Gasteiger partial charge in [0, 0.05) is 24.5 Å². The second-order valence-electron chi connectivity index (χ2n) is 4.97. The van der Waals surface area contributed by atoms with Gasteiger partial charge in [0.1, 0.15) is 0 Å². The van der Waals surface area contributed by atoms with Crippen molar-refractivity contribution in [2.75, 3.05) is 19.6 Å². The predicted octanol–water partition coefficient (Wildman–Crippen LogP) is 2.17. The fraction of sp³-hybridized carbons (Fsp3) is 0.643. The van der Waals surface area contributed by atoms with Crippen LogP contribution >= 0.6 is 0 Å². The van der Waals surface area contributed by atoms with Crippen LogP contribution in [0.25, 0.3) is 0 Å². The minimum absolute atomic E-state index is 0.670. The molecule has 2 heterocycles. The second kappa shape index (κ2) is 5.61. The minimum atomic E-state index is -0.670. The van der Waals surface area contributed by atoms with Crippen LogP contribution in [0, 0.1) is 0 Å². The van der Waals surface area contributed by atoms with E-state index in [-0.39, 0.29) is 0 Å². The van der Waals surface area contributed by atoms with Gasteiger partial charge in [0.15, 0.2) is 0 Å². The molecular formula is C14H22N2O. The van der Waals surface area contributed by atoms with Gasteiger partial charge in [-0.15, -0.1) is 0 Å². The highest BCUT2D eigenvalue weighted by Gasteiger charge is 2.31. The van der Waals surface area contributed by atoms with Crippen LogP contribution in [0.5, 0.6) is 0 Å². The second-order valence-corrected chi connectivity index (χ2v) is 4.97. The summed E-state index contributed by atoms with van der Waals surface area (Å²) in [6.07, 6.45) is 7.47. The van der Waals surface area contributed by atoms with Crippen LogP contribution in [-0.4, -0.2) is 34.6 Å². The molecule has 94 valence electrons. The molecule has 0 amide bonds. The van der Waals surface area contributed by atoms with Gasteiger partial charge in [-0.3, -0.25) is 4.98 Å². The Kier molecular flexibility index (Phi) is 4.13. The standard InChI is InChI=1S/C14H22N2O/c1-2-9-16-10-4-6-14(17,7-11-16)13-5-3-8-15-12-13/h3,5,8,12,17H,2,4,6-7,9-11H2,1H3. The van der Waals surface area contributed by atoms with Crippen LogP contribution in [-0.2, 0) is 5.60 Å². The first-order valence-corrected chi connectivity index (χ1v) is 6.60. The number of aliphatic hydroxyl groups is 1. The molecule has 0 spiro atoms. The first kappa shape index (κ1) is 12.5. The maximum atomic E-state index is 10.7. The Morgan fingerprint density at radius 2 is 2.29 bits per heavy atom. The largest absolute Gasteiger partial charge is 0.385 e. The summed E-state index contributed by atoms with van der Waals surface area (Å²) in [6, 6.07) is 3.89. The predicted molar refractivity (Wildman–Crippen MR) is 68.7 cm³/mol. The first-order valence-electron chi connectivity index (χ1n) is 6.60. The van der Waals surface area contributed by atoms with Gasteiger partial charge in [-0.1, -0.05) is 13.0 Å². The summed E-state index contributed by atoms with van der Waals surface area (Å²) in [5.41, 5.74) is 0.301. The van der Waals surface area contributed by atoms with E-state index in [0.717, 1.165) is 44.5 Å². The van der Waals surface area contributed by atoms with Crippen molar-refractivity contribution in [3.05, 3.63) is 30.1 Å². The highest BCUT2D eigenvalue weighted by Crippen LogP contribution is 2.32. The third kappa shape index (κ3) is 3.05. The number of pyridine rings is 1. The summed E-state index contributed by atoms with van der Waals surface area (Å²) in [5.74, 6) is 0. The third-order valence-corrected chi connectivity index (χ3v) is 3.65.